The Morgan fingerprint density at radius 2 is 2.32 bits per heavy atom. The quantitative estimate of drug-likeness (QED) is 0.922. The van der Waals surface area contributed by atoms with Crippen LogP contribution in [0.5, 0.6) is 5.75 Å². The Bertz CT molecular complexity index is 479. The first kappa shape index (κ1) is 14.2. The highest BCUT2D eigenvalue weighted by atomic mass is 35.5. The first-order valence-electron chi connectivity index (χ1n) is 6.44. The lowest BCUT2D eigenvalue weighted by molar-refractivity contribution is -0.136. The van der Waals surface area contributed by atoms with Gasteiger partial charge >= 0.3 is 0 Å². The number of rotatable bonds is 3. The summed E-state index contributed by atoms with van der Waals surface area (Å²) in [6, 6.07) is 5.47. The van der Waals surface area contributed by atoms with E-state index in [9.17, 15) is 4.79 Å². The van der Waals surface area contributed by atoms with Gasteiger partial charge < -0.3 is 15.4 Å². The molecule has 19 heavy (non-hydrogen) atoms. The number of hydrogen-bond acceptors (Lipinski definition) is 3. The van der Waals surface area contributed by atoms with Gasteiger partial charge in [0, 0.05) is 24.2 Å². The smallest absolute Gasteiger partial charge is 0.263 e. The molecule has 1 aromatic rings. The van der Waals surface area contributed by atoms with E-state index in [0.717, 1.165) is 12.0 Å². The Balaban J connectivity index is 1.98. The van der Waals surface area contributed by atoms with Crippen LogP contribution in [0.1, 0.15) is 18.9 Å². The molecule has 0 aliphatic carbocycles. The van der Waals surface area contributed by atoms with E-state index in [0.29, 0.717) is 23.9 Å². The summed E-state index contributed by atoms with van der Waals surface area (Å²) in [6.45, 7) is 5.00. The summed E-state index contributed by atoms with van der Waals surface area (Å²) in [6.07, 6.45) is 0.351. The van der Waals surface area contributed by atoms with Crippen LogP contribution in [0.2, 0.25) is 5.02 Å². The molecule has 1 aliphatic heterocycles. The van der Waals surface area contributed by atoms with Crippen LogP contribution < -0.4 is 10.5 Å². The fourth-order valence-corrected chi connectivity index (χ4v) is 2.31. The highest BCUT2D eigenvalue weighted by molar-refractivity contribution is 6.31. The molecule has 1 aromatic carbocycles. The van der Waals surface area contributed by atoms with E-state index in [2.05, 4.69) is 0 Å². The third-order valence-corrected chi connectivity index (χ3v) is 3.75. The number of ether oxygens (including phenoxy) is 1. The highest BCUT2D eigenvalue weighted by Gasteiger charge is 2.28. The molecule has 1 amide bonds. The summed E-state index contributed by atoms with van der Waals surface area (Å²) in [4.78, 5) is 13.9. The molecule has 5 heteroatoms. The fraction of sp³-hybridized carbons (Fsp3) is 0.500. The lowest BCUT2D eigenvalue weighted by Gasteiger charge is -2.21. The second-order valence-electron chi connectivity index (χ2n) is 5.00. The average Bonchev–Trinajstić information content (AvgIpc) is 2.79. The zero-order chi connectivity index (χ0) is 14.0. The van der Waals surface area contributed by atoms with Gasteiger partial charge in [-0.25, -0.2) is 0 Å². The summed E-state index contributed by atoms with van der Waals surface area (Å²) in [5, 5.41) is 0.692. The van der Waals surface area contributed by atoms with Gasteiger partial charge in [-0.3, -0.25) is 4.79 Å². The molecule has 0 saturated carbocycles. The molecule has 4 nitrogen and oxygen atoms in total. The van der Waals surface area contributed by atoms with Crippen LogP contribution in [0, 0.1) is 6.92 Å². The molecule has 2 atom stereocenters. The van der Waals surface area contributed by atoms with Crippen molar-refractivity contribution in [3.8, 4) is 5.75 Å². The van der Waals surface area contributed by atoms with Crippen LogP contribution in [0.15, 0.2) is 18.2 Å². The van der Waals surface area contributed by atoms with Gasteiger partial charge in [0.05, 0.1) is 0 Å². The van der Waals surface area contributed by atoms with Gasteiger partial charge in [0.25, 0.3) is 5.91 Å². The maximum atomic E-state index is 12.2. The molecule has 0 bridgehead atoms. The van der Waals surface area contributed by atoms with Crippen molar-refractivity contribution in [3.63, 3.8) is 0 Å². The van der Waals surface area contributed by atoms with Gasteiger partial charge in [-0.2, -0.15) is 0 Å². The summed E-state index contributed by atoms with van der Waals surface area (Å²) in [7, 11) is 0. The van der Waals surface area contributed by atoms with Crippen molar-refractivity contribution >= 4 is 17.5 Å². The SMILES string of the molecule is Cc1cc(OC(C)C(=O)N2CC[C@@H](N)C2)ccc1Cl. The predicted molar refractivity (Wildman–Crippen MR) is 75.5 cm³/mol. The first-order valence-corrected chi connectivity index (χ1v) is 6.82. The molecule has 1 heterocycles. The molecule has 104 valence electrons. The maximum Gasteiger partial charge on any atom is 0.263 e. The molecule has 1 fully saturated rings. The number of carbonyl (C=O) groups excluding carboxylic acids is 1. The van der Waals surface area contributed by atoms with Gasteiger partial charge in [0.2, 0.25) is 0 Å². The molecule has 1 aliphatic rings. The first-order chi connectivity index (χ1) is 8.97. The van der Waals surface area contributed by atoms with Gasteiger partial charge in [0.1, 0.15) is 5.75 Å². The normalized spacial score (nSPS) is 20.4. The zero-order valence-electron chi connectivity index (χ0n) is 11.2. The Morgan fingerprint density at radius 1 is 1.58 bits per heavy atom. The van der Waals surface area contributed by atoms with E-state index in [-0.39, 0.29) is 11.9 Å². The molecule has 2 rings (SSSR count). The van der Waals surface area contributed by atoms with Gasteiger partial charge in [-0.15, -0.1) is 0 Å². The van der Waals surface area contributed by atoms with Crippen molar-refractivity contribution < 1.29 is 9.53 Å². The molecule has 0 spiro atoms. The topological polar surface area (TPSA) is 55.6 Å². The number of hydrogen-bond donors (Lipinski definition) is 1. The lowest BCUT2D eigenvalue weighted by Crippen LogP contribution is -2.40. The second kappa shape index (κ2) is 5.80. The molecule has 0 aromatic heterocycles. The molecule has 2 N–H and O–H groups in total. The number of likely N-dealkylation sites (tertiary alicyclic amines) is 1. The van der Waals surface area contributed by atoms with Crippen molar-refractivity contribution in [1.29, 1.82) is 0 Å². The predicted octanol–water partition coefficient (Wildman–Crippen LogP) is 1.98. The van der Waals surface area contributed by atoms with Crippen LogP contribution in [-0.4, -0.2) is 36.0 Å². The maximum absolute atomic E-state index is 12.2. The summed E-state index contributed by atoms with van der Waals surface area (Å²) in [5.74, 6) is 0.645. The Morgan fingerprint density at radius 3 is 2.89 bits per heavy atom. The van der Waals surface area contributed by atoms with E-state index < -0.39 is 6.10 Å². The van der Waals surface area contributed by atoms with Crippen LogP contribution in [0.4, 0.5) is 0 Å². The van der Waals surface area contributed by atoms with Crippen molar-refractivity contribution in [1.82, 2.24) is 4.90 Å². The minimum Gasteiger partial charge on any atom is -0.481 e. The molecule has 1 unspecified atom stereocenters. The van der Waals surface area contributed by atoms with Gasteiger partial charge in [0.15, 0.2) is 6.10 Å². The Hall–Kier alpha value is -1.26. The fourth-order valence-electron chi connectivity index (χ4n) is 2.19. The summed E-state index contributed by atoms with van der Waals surface area (Å²) < 4.78 is 5.67. The van der Waals surface area contributed by atoms with E-state index in [1.807, 2.05) is 13.0 Å². The monoisotopic (exact) mass is 282 g/mol. The van der Waals surface area contributed by atoms with E-state index in [4.69, 9.17) is 22.1 Å². The number of halogens is 1. The standard InChI is InChI=1S/C14H19ClN2O2/c1-9-7-12(3-4-13(9)15)19-10(2)14(18)17-6-5-11(16)8-17/h3-4,7,10-11H,5-6,8,16H2,1-2H3/t10?,11-/m1/s1. The van der Waals surface area contributed by atoms with Crippen molar-refractivity contribution in [2.45, 2.75) is 32.4 Å². The number of benzene rings is 1. The van der Waals surface area contributed by atoms with Crippen molar-refractivity contribution in [3.05, 3.63) is 28.8 Å². The highest BCUT2D eigenvalue weighted by Crippen LogP contribution is 2.22. The molecule has 0 radical (unpaired) electrons. The minimum atomic E-state index is -0.508. The number of amides is 1. The third-order valence-electron chi connectivity index (χ3n) is 3.33. The largest absolute Gasteiger partial charge is 0.481 e. The van der Waals surface area contributed by atoms with E-state index in [1.165, 1.54) is 0 Å². The molecule has 1 saturated heterocycles. The van der Waals surface area contributed by atoms with Crippen molar-refractivity contribution in [2.24, 2.45) is 5.73 Å². The Kier molecular flexibility index (Phi) is 4.32. The van der Waals surface area contributed by atoms with Crippen molar-refractivity contribution in [2.75, 3.05) is 13.1 Å². The van der Waals surface area contributed by atoms with Crippen LogP contribution in [0.25, 0.3) is 0 Å². The number of aryl methyl sites for hydroxylation is 1. The van der Waals surface area contributed by atoms with Crippen LogP contribution in [-0.2, 0) is 4.79 Å². The van der Waals surface area contributed by atoms with Crippen LogP contribution >= 0.6 is 11.6 Å². The Labute approximate surface area is 118 Å². The number of carbonyl (C=O) groups is 1. The van der Waals surface area contributed by atoms with Gasteiger partial charge in [-0.1, -0.05) is 11.6 Å². The van der Waals surface area contributed by atoms with E-state index >= 15 is 0 Å². The third kappa shape index (κ3) is 3.39. The summed E-state index contributed by atoms with van der Waals surface area (Å²) >= 11 is 5.95. The molecular weight excluding hydrogens is 264 g/mol. The van der Waals surface area contributed by atoms with Crippen LogP contribution in [0.3, 0.4) is 0 Å². The minimum absolute atomic E-state index is 0.0134. The summed E-state index contributed by atoms with van der Waals surface area (Å²) in [5.41, 5.74) is 6.74. The average molecular weight is 283 g/mol. The molecular formula is C14H19ClN2O2. The zero-order valence-corrected chi connectivity index (χ0v) is 12.0. The lowest BCUT2D eigenvalue weighted by atomic mass is 10.2. The second-order valence-corrected chi connectivity index (χ2v) is 5.41. The van der Waals surface area contributed by atoms with E-state index in [1.54, 1.807) is 24.0 Å². The number of nitrogens with zero attached hydrogens (tertiary/aromatic N) is 1. The van der Waals surface area contributed by atoms with Gasteiger partial charge in [-0.05, 0) is 44.0 Å². The number of nitrogens with two attached hydrogens (primary N) is 1.